The quantitative estimate of drug-likeness (QED) is 0.534. The van der Waals surface area contributed by atoms with E-state index in [1.54, 1.807) is 0 Å². The molecule has 0 saturated heterocycles. The van der Waals surface area contributed by atoms with E-state index in [1.165, 1.54) is 5.56 Å². The number of benzene rings is 2. The summed E-state index contributed by atoms with van der Waals surface area (Å²) in [6.07, 6.45) is 1.13. The Balaban J connectivity index is 1.74. The molecule has 0 aliphatic rings. The molecule has 2 aromatic carbocycles. The Kier molecular flexibility index (Phi) is 7.41. The number of carbonyl (C=O) groups excluding carboxylic acids is 1. The lowest BCUT2D eigenvalue weighted by Gasteiger charge is -2.16. The lowest BCUT2D eigenvalue weighted by molar-refractivity contribution is -0.122. The third-order valence-corrected chi connectivity index (χ3v) is 4.09. The van der Waals surface area contributed by atoms with Crippen LogP contribution in [0.4, 0.5) is 5.69 Å². The maximum atomic E-state index is 11.9. The third-order valence-electron chi connectivity index (χ3n) is 3.88. The smallest absolute Gasteiger partial charge is 0.241 e. The van der Waals surface area contributed by atoms with Crippen molar-refractivity contribution >= 4 is 28.9 Å². The van der Waals surface area contributed by atoms with Crippen molar-refractivity contribution in [1.29, 1.82) is 0 Å². The fraction of sp³-hybridized carbons (Fsp3) is 0.300. The van der Waals surface area contributed by atoms with Gasteiger partial charge in [-0.15, -0.1) is 0 Å². The predicted molar refractivity (Wildman–Crippen MR) is 109 cm³/mol. The topological polar surface area (TPSA) is 62.4 Å². The van der Waals surface area contributed by atoms with Gasteiger partial charge in [0.15, 0.2) is 5.11 Å². The molecule has 1 amide bonds. The summed E-state index contributed by atoms with van der Waals surface area (Å²) in [5.41, 5.74) is 9.69. The van der Waals surface area contributed by atoms with Gasteiger partial charge in [0.1, 0.15) is 5.75 Å². The molecular formula is C20H25N3O2S. The standard InChI is InChI=1S/C20H25N3O2S/c1-4-16-9-6-8-15(3)19(16)21-20(26)23-22-18(24)11-12-25-17-10-5-7-14(2)13-17/h5-10,13H,4,11-12H2,1-3H3,(H,22,24)(H2,21,23,26). The van der Waals surface area contributed by atoms with Gasteiger partial charge < -0.3 is 10.1 Å². The SMILES string of the molecule is CCc1cccc(C)c1NC(=S)NNC(=O)CCOc1cccc(C)c1. The van der Waals surface area contributed by atoms with Gasteiger partial charge in [0, 0.05) is 5.69 Å². The first-order valence-corrected chi connectivity index (χ1v) is 9.04. The second-order valence-electron chi connectivity index (χ2n) is 6.00. The van der Waals surface area contributed by atoms with E-state index in [0.29, 0.717) is 11.7 Å². The lowest BCUT2D eigenvalue weighted by Crippen LogP contribution is -2.44. The van der Waals surface area contributed by atoms with E-state index in [0.717, 1.165) is 29.0 Å². The zero-order valence-corrected chi connectivity index (χ0v) is 16.2. The highest BCUT2D eigenvalue weighted by atomic mass is 32.1. The molecule has 0 aliphatic carbocycles. The van der Waals surface area contributed by atoms with Crippen LogP contribution in [0.2, 0.25) is 0 Å². The summed E-state index contributed by atoms with van der Waals surface area (Å²) in [4.78, 5) is 11.9. The van der Waals surface area contributed by atoms with E-state index in [1.807, 2.05) is 50.2 Å². The number of nitrogens with one attached hydrogen (secondary N) is 3. The summed E-state index contributed by atoms with van der Waals surface area (Å²) in [7, 11) is 0. The average Bonchev–Trinajstić information content (AvgIpc) is 2.62. The van der Waals surface area contributed by atoms with E-state index >= 15 is 0 Å². The second-order valence-corrected chi connectivity index (χ2v) is 6.41. The number of aryl methyl sites for hydroxylation is 3. The number of carbonyl (C=O) groups is 1. The first kappa shape index (κ1) is 19.7. The molecule has 0 bridgehead atoms. The molecule has 2 rings (SSSR count). The molecule has 3 N–H and O–H groups in total. The predicted octanol–water partition coefficient (Wildman–Crippen LogP) is 3.65. The molecule has 0 spiro atoms. The molecule has 0 heterocycles. The Morgan fingerprint density at radius 2 is 1.88 bits per heavy atom. The molecule has 2 aromatic rings. The number of thiocarbonyl (C=S) groups is 1. The van der Waals surface area contributed by atoms with Gasteiger partial charge in [0.25, 0.3) is 0 Å². The van der Waals surface area contributed by atoms with Crippen molar-refractivity contribution in [1.82, 2.24) is 10.9 Å². The molecule has 6 heteroatoms. The van der Waals surface area contributed by atoms with Crippen molar-refractivity contribution < 1.29 is 9.53 Å². The first-order chi connectivity index (χ1) is 12.5. The Bertz CT molecular complexity index is 777. The largest absolute Gasteiger partial charge is 0.493 e. The summed E-state index contributed by atoms with van der Waals surface area (Å²) in [5, 5.41) is 3.50. The maximum Gasteiger partial charge on any atom is 0.241 e. The van der Waals surface area contributed by atoms with Gasteiger partial charge in [-0.3, -0.25) is 15.6 Å². The van der Waals surface area contributed by atoms with Crippen LogP contribution in [0.3, 0.4) is 0 Å². The Morgan fingerprint density at radius 3 is 2.62 bits per heavy atom. The van der Waals surface area contributed by atoms with Gasteiger partial charge in [-0.1, -0.05) is 37.3 Å². The zero-order chi connectivity index (χ0) is 18.9. The number of anilines is 1. The maximum absolute atomic E-state index is 11.9. The number of hydrogen-bond donors (Lipinski definition) is 3. The number of rotatable bonds is 6. The molecule has 5 nitrogen and oxygen atoms in total. The zero-order valence-electron chi connectivity index (χ0n) is 15.4. The van der Waals surface area contributed by atoms with E-state index in [4.69, 9.17) is 17.0 Å². The van der Waals surface area contributed by atoms with Crippen molar-refractivity contribution in [2.24, 2.45) is 0 Å². The van der Waals surface area contributed by atoms with E-state index < -0.39 is 0 Å². The van der Waals surface area contributed by atoms with Crippen LogP contribution in [0.1, 0.15) is 30.0 Å². The van der Waals surface area contributed by atoms with Gasteiger partial charge in [-0.05, 0) is 61.3 Å². The molecule has 0 atom stereocenters. The fourth-order valence-corrected chi connectivity index (χ4v) is 2.66. The molecule has 0 radical (unpaired) electrons. The van der Waals surface area contributed by atoms with Gasteiger partial charge in [-0.2, -0.15) is 0 Å². The van der Waals surface area contributed by atoms with Crippen LogP contribution in [0.15, 0.2) is 42.5 Å². The Morgan fingerprint density at radius 1 is 1.12 bits per heavy atom. The van der Waals surface area contributed by atoms with Crippen molar-refractivity contribution in [3.63, 3.8) is 0 Å². The Hall–Kier alpha value is -2.60. The van der Waals surface area contributed by atoms with Crippen LogP contribution in [-0.4, -0.2) is 17.6 Å². The number of amides is 1. The van der Waals surface area contributed by atoms with Crippen LogP contribution in [0.25, 0.3) is 0 Å². The van der Waals surface area contributed by atoms with E-state index in [2.05, 4.69) is 29.2 Å². The van der Waals surface area contributed by atoms with E-state index in [9.17, 15) is 4.79 Å². The van der Waals surface area contributed by atoms with Crippen molar-refractivity contribution in [2.45, 2.75) is 33.6 Å². The highest BCUT2D eigenvalue weighted by Crippen LogP contribution is 2.20. The molecule has 0 unspecified atom stereocenters. The minimum atomic E-state index is -0.192. The summed E-state index contributed by atoms with van der Waals surface area (Å²) in [6, 6.07) is 13.8. The monoisotopic (exact) mass is 371 g/mol. The summed E-state index contributed by atoms with van der Waals surface area (Å²) in [6.45, 7) is 6.41. The lowest BCUT2D eigenvalue weighted by atomic mass is 10.1. The fourth-order valence-electron chi connectivity index (χ4n) is 2.50. The molecule has 0 saturated carbocycles. The summed E-state index contributed by atoms with van der Waals surface area (Å²) < 4.78 is 5.57. The number of hydrazine groups is 1. The molecule has 138 valence electrons. The molecule has 0 aliphatic heterocycles. The van der Waals surface area contributed by atoms with Gasteiger partial charge >= 0.3 is 0 Å². The van der Waals surface area contributed by atoms with Crippen LogP contribution in [0.5, 0.6) is 5.75 Å². The van der Waals surface area contributed by atoms with Gasteiger partial charge in [0.2, 0.25) is 5.91 Å². The normalized spacial score (nSPS) is 10.1. The number of ether oxygens (including phenoxy) is 1. The van der Waals surface area contributed by atoms with Crippen LogP contribution < -0.4 is 20.9 Å². The molecule has 26 heavy (non-hydrogen) atoms. The van der Waals surface area contributed by atoms with Crippen molar-refractivity contribution in [3.8, 4) is 5.75 Å². The van der Waals surface area contributed by atoms with Gasteiger partial charge in [0.05, 0.1) is 13.0 Å². The summed E-state index contributed by atoms with van der Waals surface area (Å²) >= 11 is 5.26. The average molecular weight is 372 g/mol. The highest BCUT2D eigenvalue weighted by Gasteiger charge is 2.07. The van der Waals surface area contributed by atoms with Gasteiger partial charge in [-0.25, -0.2) is 0 Å². The molecule has 0 aromatic heterocycles. The number of para-hydroxylation sites is 1. The highest BCUT2D eigenvalue weighted by molar-refractivity contribution is 7.80. The third kappa shape index (κ3) is 6.04. The second kappa shape index (κ2) is 9.77. The summed E-state index contributed by atoms with van der Waals surface area (Å²) in [5.74, 6) is 0.567. The van der Waals surface area contributed by atoms with Crippen molar-refractivity contribution in [2.75, 3.05) is 11.9 Å². The minimum Gasteiger partial charge on any atom is -0.493 e. The Labute approximate surface area is 160 Å². The van der Waals surface area contributed by atoms with Crippen LogP contribution in [0, 0.1) is 13.8 Å². The van der Waals surface area contributed by atoms with Crippen LogP contribution in [-0.2, 0) is 11.2 Å². The van der Waals surface area contributed by atoms with Crippen molar-refractivity contribution in [3.05, 3.63) is 59.2 Å². The number of hydrogen-bond acceptors (Lipinski definition) is 3. The van der Waals surface area contributed by atoms with Crippen LogP contribution >= 0.6 is 12.2 Å². The minimum absolute atomic E-state index is 0.192. The first-order valence-electron chi connectivity index (χ1n) is 8.63. The molecular weight excluding hydrogens is 346 g/mol. The van der Waals surface area contributed by atoms with E-state index in [-0.39, 0.29) is 12.3 Å². The molecule has 0 fully saturated rings.